The van der Waals surface area contributed by atoms with Gasteiger partial charge in [-0.15, -0.1) is 0 Å². The van der Waals surface area contributed by atoms with Gasteiger partial charge in [-0.3, -0.25) is 9.48 Å². The molecule has 4 aromatic rings. The fourth-order valence-corrected chi connectivity index (χ4v) is 4.23. The zero-order valence-electron chi connectivity index (χ0n) is 19.7. The van der Waals surface area contributed by atoms with E-state index in [1.807, 2.05) is 56.3 Å². The Balaban J connectivity index is 1.39. The average Bonchev–Trinajstić information content (AvgIpc) is 3.58. The van der Waals surface area contributed by atoms with E-state index in [2.05, 4.69) is 21.8 Å². The summed E-state index contributed by atoms with van der Waals surface area (Å²) in [5, 5.41) is 14.9. The van der Waals surface area contributed by atoms with Crippen molar-refractivity contribution in [3.63, 3.8) is 0 Å². The number of aryl methyl sites for hydroxylation is 2. The van der Waals surface area contributed by atoms with Gasteiger partial charge in [-0.25, -0.2) is 9.48 Å². The second-order valence-corrected chi connectivity index (χ2v) is 8.66. The number of urea groups is 1. The predicted molar refractivity (Wildman–Crippen MR) is 134 cm³/mol. The van der Waals surface area contributed by atoms with Crippen molar-refractivity contribution in [1.29, 1.82) is 0 Å². The van der Waals surface area contributed by atoms with Gasteiger partial charge < -0.3 is 15.5 Å². The molecule has 0 aliphatic carbocycles. The smallest absolute Gasteiger partial charge is 0.317 e. The van der Waals surface area contributed by atoms with E-state index in [0.717, 1.165) is 22.4 Å². The monoisotopic (exact) mass is 469 g/mol. The molecule has 1 aliphatic heterocycles. The molecule has 0 atom stereocenters. The molecule has 2 aromatic carbocycles. The third-order valence-corrected chi connectivity index (χ3v) is 6.05. The number of para-hydroxylation sites is 1. The van der Waals surface area contributed by atoms with Gasteiger partial charge in [0.25, 0.3) is 5.91 Å². The minimum atomic E-state index is -0.263. The number of aromatic nitrogens is 4. The number of amides is 3. The lowest BCUT2D eigenvalue weighted by Gasteiger charge is -2.13. The average molecular weight is 470 g/mol. The van der Waals surface area contributed by atoms with Crippen LogP contribution < -0.4 is 10.6 Å². The van der Waals surface area contributed by atoms with Gasteiger partial charge in [0.05, 0.1) is 29.7 Å². The quantitative estimate of drug-likeness (QED) is 0.432. The second-order valence-electron chi connectivity index (χ2n) is 8.66. The van der Waals surface area contributed by atoms with Gasteiger partial charge in [-0.1, -0.05) is 42.0 Å². The summed E-state index contributed by atoms with van der Waals surface area (Å²) in [6.07, 6.45) is 5.14. The van der Waals surface area contributed by atoms with Gasteiger partial charge in [-0.2, -0.15) is 10.2 Å². The topological polar surface area (TPSA) is 97.1 Å². The molecule has 1 aliphatic rings. The van der Waals surface area contributed by atoms with Crippen LogP contribution in [0, 0.1) is 13.8 Å². The molecular formula is C26H27N7O2. The number of nitrogens with one attached hydrogen (secondary N) is 2. The molecule has 3 heterocycles. The van der Waals surface area contributed by atoms with Gasteiger partial charge >= 0.3 is 6.03 Å². The molecule has 9 nitrogen and oxygen atoms in total. The maximum Gasteiger partial charge on any atom is 0.317 e. The summed E-state index contributed by atoms with van der Waals surface area (Å²) in [6.45, 7) is 6.52. The van der Waals surface area contributed by atoms with Crippen LogP contribution in [0.5, 0.6) is 0 Å². The van der Waals surface area contributed by atoms with E-state index in [-0.39, 0.29) is 11.9 Å². The zero-order chi connectivity index (χ0) is 24.4. The van der Waals surface area contributed by atoms with Crippen LogP contribution in [0.25, 0.3) is 16.9 Å². The number of anilines is 1. The first-order valence-electron chi connectivity index (χ1n) is 11.6. The summed E-state index contributed by atoms with van der Waals surface area (Å²) in [4.78, 5) is 26.9. The summed E-state index contributed by atoms with van der Waals surface area (Å²) in [5.74, 6) is -0.263. The molecule has 0 saturated carbocycles. The first-order valence-corrected chi connectivity index (χ1v) is 11.6. The van der Waals surface area contributed by atoms with Crippen molar-refractivity contribution in [2.24, 2.45) is 0 Å². The van der Waals surface area contributed by atoms with Crippen LogP contribution in [0.15, 0.2) is 67.1 Å². The maximum absolute atomic E-state index is 13.4. The van der Waals surface area contributed by atoms with Gasteiger partial charge in [0.1, 0.15) is 5.69 Å². The molecule has 0 unspecified atom stereocenters. The van der Waals surface area contributed by atoms with E-state index < -0.39 is 0 Å². The van der Waals surface area contributed by atoms with Crippen molar-refractivity contribution >= 4 is 17.6 Å². The lowest BCUT2D eigenvalue weighted by atomic mass is 10.0. The summed E-state index contributed by atoms with van der Waals surface area (Å²) >= 11 is 0. The molecule has 1 fully saturated rings. The molecule has 178 valence electrons. The van der Waals surface area contributed by atoms with E-state index in [1.165, 1.54) is 0 Å². The normalized spacial score (nSPS) is 13.2. The number of hydrogen-bond acceptors (Lipinski definition) is 4. The first kappa shape index (κ1) is 22.4. The van der Waals surface area contributed by atoms with Crippen molar-refractivity contribution in [3.8, 4) is 16.9 Å². The highest BCUT2D eigenvalue weighted by atomic mass is 16.2. The molecule has 2 aromatic heterocycles. The number of hydrogen-bond donors (Lipinski definition) is 2. The van der Waals surface area contributed by atoms with Crippen LogP contribution in [0.2, 0.25) is 0 Å². The Morgan fingerprint density at radius 3 is 2.66 bits per heavy atom. The van der Waals surface area contributed by atoms with Gasteiger partial charge in [0.2, 0.25) is 0 Å². The standard InChI is InChI=1S/C26H27N7O2/c1-18-8-9-22(19(2)14-18)24-23(17-33(30-24)21-6-4-3-5-7-21)25(34)29-20-15-28-32(16-20)13-12-31-11-10-27-26(31)35/h3-9,14-17H,10-13H2,1-2H3,(H,27,35)(H,29,34). The Kier molecular flexibility index (Phi) is 6.05. The second kappa shape index (κ2) is 9.46. The van der Waals surface area contributed by atoms with Crippen molar-refractivity contribution in [3.05, 3.63) is 83.8 Å². The molecular weight excluding hydrogens is 442 g/mol. The fraction of sp³-hybridized carbons (Fsp3) is 0.231. The van der Waals surface area contributed by atoms with Crippen LogP contribution in [0.3, 0.4) is 0 Å². The lowest BCUT2D eigenvalue weighted by molar-refractivity contribution is 0.102. The Hall–Kier alpha value is -4.40. The highest BCUT2D eigenvalue weighted by molar-refractivity contribution is 6.08. The van der Waals surface area contributed by atoms with E-state index in [0.29, 0.717) is 43.1 Å². The Morgan fingerprint density at radius 2 is 1.91 bits per heavy atom. The summed E-state index contributed by atoms with van der Waals surface area (Å²) in [5.41, 5.74) is 5.67. The number of nitrogens with zero attached hydrogens (tertiary/aromatic N) is 5. The Morgan fingerprint density at radius 1 is 1.09 bits per heavy atom. The SMILES string of the molecule is Cc1ccc(-c2nn(-c3ccccc3)cc2C(=O)Nc2cnn(CCN3CCNC3=O)c2)c(C)c1. The maximum atomic E-state index is 13.4. The Bertz CT molecular complexity index is 1370. The molecule has 3 amide bonds. The predicted octanol–water partition coefficient (Wildman–Crippen LogP) is 3.63. The van der Waals surface area contributed by atoms with Crippen LogP contribution in [0.1, 0.15) is 21.5 Å². The lowest BCUT2D eigenvalue weighted by Crippen LogP contribution is -2.31. The molecule has 9 heteroatoms. The van der Waals surface area contributed by atoms with E-state index in [4.69, 9.17) is 5.10 Å². The third-order valence-electron chi connectivity index (χ3n) is 6.05. The largest absolute Gasteiger partial charge is 0.336 e. The number of carbonyl (C=O) groups excluding carboxylic acids is 2. The van der Waals surface area contributed by atoms with Crippen LogP contribution in [-0.2, 0) is 6.54 Å². The molecule has 1 saturated heterocycles. The summed E-state index contributed by atoms with van der Waals surface area (Å²) in [7, 11) is 0. The summed E-state index contributed by atoms with van der Waals surface area (Å²) in [6, 6.07) is 15.8. The highest BCUT2D eigenvalue weighted by Gasteiger charge is 2.21. The van der Waals surface area contributed by atoms with Gasteiger partial charge in [-0.05, 0) is 31.5 Å². The van der Waals surface area contributed by atoms with E-state index in [9.17, 15) is 9.59 Å². The minimum absolute atomic E-state index is 0.0555. The minimum Gasteiger partial charge on any atom is -0.336 e. The molecule has 5 rings (SSSR count). The van der Waals surface area contributed by atoms with E-state index >= 15 is 0 Å². The fourth-order valence-electron chi connectivity index (χ4n) is 4.23. The number of benzene rings is 2. The van der Waals surface area contributed by atoms with Crippen LogP contribution in [0.4, 0.5) is 10.5 Å². The Labute approximate surface area is 203 Å². The number of carbonyl (C=O) groups is 2. The van der Waals surface area contributed by atoms with Crippen LogP contribution in [-0.4, -0.2) is 56.0 Å². The molecule has 35 heavy (non-hydrogen) atoms. The summed E-state index contributed by atoms with van der Waals surface area (Å²) < 4.78 is 3.45. The highest BCUT2D eigenvalue weighted by Crippen LogP contribution is 2.28. The van der Waals surface area contributed by atoms with Crippen molar-refractivity contribution in [1.82, 2.24) is 29.8 Å². The van der Waals surface area contributed by atoms with Crippen molar-refractivity contribution in [2.75, 3.05) is 25.0 Å². The third kappa shape index (κ3) is 4.79. The van der Waals surface area contributed by atoms with Crippen molar-refractivity contribution < 1.29 is 9.59 Å². The van der Waals surface area contributed by atoms with Crippen LogP contribution >= 0.6 is 0 Å². The van der Waals surface area contributed by atoms with E-state index in [1.54, 1.807) is 32.9 Å². The molecule has 0 spiro atoms. The molecule has 2 N–H and O–H groups in total. The number of rotatable bonds is 7. The molecule has 0 bridgehead atoms. The molecule has 0 radical (unpaired) electrons. The van der Waals surface area contributed by atoms with Crippen molar-refractivity contribution in [2.45, 2.75) is 20.4 Å². The van der Waals surface area contributed by atoms with Gasteiger partial charge in [0, 0.05) is 37.6 Å². The first-order chi connectivity index (χ1) is 17.0. The zero-order valence-corrected chi connectivity index (χ0v) is 19.7. The van der Waals surface area contributed by atoms with Gasteiger partial charge in [0.15, 0.2) is 0 Å².